The van der Waals surface area contributed by atoms with E-state index in [1.54, 1.807) is 25.3 Å². The Morgan fingerprint density at radius 1 is 1.07 bits per heavy atom. The van der Waals surface area contributed by atoms with Crippen LogP contribution < -0.4 is 4.74 Å². The molecule has 0 aliphatic carbocycles. The van der Waals surface area contributed by atoms with E-state index in [-0.39, 0.29) is 5.76 Å². The Bertz CT molecular complexity index is 833. The molecule has 1 aliphatic rings. The minimum atomic E-state index is -1.32. The first-order valence-corrected chi connectivity index (χ1v) is 9.64. The molecule has 1 heterocycles. The number of methoxy groups -OCH3 is 1. The molecule has 0 spiro atoms. The summed E-state index contributed by atoms with van der Waals surface area (Å²) in [5, 5.41) is 31.4. The Balaban J connectivity index is 1.88. The van der Waals surface area contributed by atoms with Crippen LogP contribution in [-0.4, -0.2) is 40.7 Å². The van der Waals surface area contributed by atoms with Gasteiger partial charge in [-0.05, 0) is 53.8 Å². The average Bonchev–Trinajstić information content (AvgIpc) is 2.71. The summed E-state index contributed by atoms with van der Waals surface area (Å²) in [4.78, 5) is 0. The molecular weight excluding hydrogens is 380 g/mol. The number of hydrogen-bond donors (Lipinski definition) is 3. The molecule has 28 heavy (non-hydrogen) atoms. The van der Waals surface area contributed by atoms with Crippen LogP contribution in [0.15, 0.2) is 54.3 Å². The van der Waals surface area contributed by atoms with Crippen molar-refractivity contribution >= 4 is 11.6 Å². The minimum Gasteiger partial charge on any atom is -0.497 e. The molecule has 0 amide bonds. The fraction of sp³-hybridized carbons (Fsp3) is 0.364. The highest BCUT2D eigenvalue weighted by atomic mass is 35.5. The second kappa shape index (κ2) is 8.97. The number of halogens is 1. The topological polar surface area (TPSA) is 79.2 Å². The van der Waals surface area contributed by atoms with Gasteiger partial charge in [-0.1, -0.05) is 42.8 Å². The van der Waals surface area contributed by atoms with Crippen LogP contribution in [0.2, 0.25) is 5.02 Å². The summed E-state index contributed by atoms with van der Waals surface area (Å²) in [5.74, 6) is 1.06. The first-order valence-electron chi connectivity index (χ1n) is 9.26. The fourth-order valence-electron chi connectivity index (χ4n) is 3.33. The molecular formula is C22H25ClO5. The van der Waals surface area contributed by atoms with E-state index in [4.69, 9.17) is 21.1 Å². The van der Waals surface area contributed by atoms with Crippen LogP contribution >= 0.6 is 11.6 Å². The summed E-state index contributed by atoms with van der Waals surface area (Å²) in [7, 11) is 1.62. The van der Waals surface area contributed by atoms with Gasteiger partial charge in [0.25, 0.3) is 0 Å². The van der Waals surface area contributed by atoms with Crippen molar-refractivity contribution in [1.82, 2.24) is 0 Å². The molecule has 3 rings (SSSR count). The minimum absolute atomic E-state index is 0.275. The number of hydrogen-bond acceptors (Lipinski definition) is 5. The summed E-state index contributed by atoms with van der Waals surface area (Å²) in [5.41, 5.74) is 2.63. The van der Waals surface area contributed by atoms with Crippen molar-refractivity contribution in [2.24, 2.45) is 0 Å². The maximum atomic E-state index is 10.4. The molecule has 0 bridgehead atoms. The van der Waals surface area contributed by atoms with Crippen LogP contribution in [0, 0.1) is 0 Å². The van der Waals surface area contributed by atoms with Crippen LogP contribution in [-0.2, 0) is 11.2 Å². The number of aliphatic hydroxyl groups excluding tert-OH is 3. The SMILES string of the molecule is CCC=C1O[C@@H](c2ccc(Cl)c(Cc3ccc(OC)cc3)c2)[C@H](O)[C@@H](O)[C@@H]1O. The molecule has 0 radical (unpaired) electrons. The van der Waals surface area contributed by atoms with Gasteiger partial charge in [0, 0.05) is 5.02 Å². The molecule has 150 valence electrons. The van der Waals surface area contributed by atoms with Crippen LogP contribution in [0.1, 0.15) is 36.1 Å². The molecule has 2 aromatic rings. The summed E-state index contributed by atoms with van der Waals surface area (Å²) in [6.45, 7) is 1.91. The zero-order chi connectivity index (χ0) is 20.3. The fourth-order valence-corrected chi connectivity index (χ4v) is 3.51. The van der Waals surface area contributed by atoms with E-state index in [2.05, 4.69) is 0 Å². The summed E-state index contributed by atoms with van der Waals surface area (Å²) < 4.78 is 11.0. The van der Waals surface area contributed by atoms with Crippen molar-refractivity contribution in [2.45, 2.75) is 44.2 Å². The quantitative estimate of drug-likeness (QED) is 0.712. The smallest absolute Gasteiger partial charge is 0.152 e. The highest BCUT2D eigenvalue weighted by molar-refractivity contribution is 6.31. The molecule has 3 N–H and O–H groups in total. The molecule has 5 nitrogen and oxygen atoms in total. The molecule has 0 saturated carbocycles. The van der Waals surface area contributed by atoms with Gasteiger partial charge in [-0.3, -0.25) is 0 Å². The summed E-state index contributed by atoms with van der Waals surface area (Å²) in [6.07, 6.45) is -1.65. The van der Waals surface area contributed by atoms with E-state index < -0.39 is 24.4 Å². The third-order valence-electron chi connectivity index (χ3n) is 4.90. The van der Waals surface area contributed by atoms with Crippen molar-refractivity contribution in [1.29, 1.82) is 0 Å². The number of ether oxygens (including phenoxy) is 2. The Kier molecular flexibility index (Phi) is 6.62. The van der Waals surface area contributed by atoms with E-state index >= 15 is 0 Å². The van der Waals surface area contributed by atoms with Crippen LogP contribution in [0.3, 0.4) is 0 Å². The largest absolute Gasteiger partial charge is 0.497 e. The van der Waals surface area contributed by atoms with Crippen molar-refractivity contribution in [3.05, 3.63) is 76.0 Å². The van der Waals surface area contributed by atoms with Crippen molar-refractivity contribution < 1.29 is 24.8 Å². The first-order chi connectivity index (χ1) is 13.4. The third kappa shape index (κ3) is 4.33. The first kappa shape index (κ1) is 20.7. The molecule has 1 aliphatic heterocycles. The molecule has 0 aromatic heterocycles. The van der Waals surface area contributed by atoms with Crippen molar-refractivity contribution in [3.63, 3.8) is 0 Å². The van der Waals surface area contributed by atoms with Crippen LogP contribution in [0.5, 0.6) is 5.75 Å². The summed E-state index contributed by atoms with van der Waals surface area (Å²) in [6, 6.07) is 13.1. The number of allylic oxidation sites excluding steroid dienone is 1. The molecule has 2 aromatic carbocycles. The van der Waals surface area contributed by atoms with Gasteiger partial charge in [-0.25, -0.2) is 0 Å². The second-order valence-electron chi connectivity index (χ2n) is 6.85. The van der Waals surface area contributed by atoms with Gasteiger partial charge in [0.05, 0.1) is 7.11 Å². The van der Waals surface area contributed by atoms with E-state index in [1.165, 1.54) is 0 Å². The van der Waals surface area contributed by atoms with Gasteiger partial charge >= 0.3 is 0 Å². The lowest BCUT2D eigenvalue weighted by molar-refractivity contribution is -0.157. The van der Waals surface area contributed by atoms with Gasteiger partial charge in [0.15, 0.2) is 6.10 Å². The van der Waals surface area contributed by atoms with E-state index in [0.717, 1.165) is 16.9 Å². The molecule has 0 unspecified atom stereocenters. The Morgan fingerprint density at radius 2 is 1.79 bits per heavy atom. The Hall–Kier alpha value is -2.05. The monoisotopic (exact) mass is 404 g/mol. The highest BCUT2D eigenvalue weighted by Gasteiger charge is 2.41. The van der Waals surface area contributed by atoms with Crippen LogP contribution in [0.25, 0.3) is 0 Å². The maximum absolute atomic E-state index is 10.4. The number of rotatable bonds is 5. The van der Waals surface area contributed by atoms with Crippen molar-refractivity contribution in [3.8, 4) is 5.75 Å². The lowest BCUT2D eigenvalue weighted by atomic mass is 9.91. The van der Waals surface area contributed by atoms with E-state index in [1.807, 2.05) is 37.3 Å². The Morgan fingerprint density at radius 3 is 2.43 bits per heavy atom. The number of benzene rings is 2. The molecule has 6 heteroatoms. The Labute approximate surface area is 169 Å². The van der Waals surface area contributed by atoms with Gasteiger partial charge in [0.1, 0.15) is 29.8 Å². The lowest BCUT2D eigenvalue weighted by Crippen LogP contribution is -2.47. The predicted molar refractivity (Wildman–Crippen MR) is 107 cm³/mol. The standard InChI is InChI=1S/C22H25ClO5/c1-3-4-18-19(24)20(25)21(26)22(28-18)14-7-10-17(23)15(12-14)11-13-5-8-16(27-2)9-6-13/h4-10,12,19-22,24-26H,3,11H2,1-2H3/t19-,20+,21-,22+/m1/s1. The number of aliphatic hydroxyl groups is 3. The average molecular weight is 405 g/mol. The van der Waals surface area contributed by atoms with E-state index in [9.17, 15) is 15.3 Å². The lowest BCUT2D eigenvalue weighted by Gasteiger charge is -2.37. The predicted octanol–water partition coefficient (Wildman–Crippen LogP) is 3.39. The van der Waals surface area contributed by atoms with Crippen molar-refractivity contribution in [2.75, 3.05) is 7.11 Å². The molecule has 4 atom stereocenters. The van der Waals surface area contributed by atoms with Gasteiger partial charge in [-0.15, -0.1) is 0 Å². The second-order valence-corrected chi connectivity index (χ2v) is 7.26. The maximum Gasteiger partial charge on any atom is 0.152 e. The zero-order valence-electron chi connectivity index (χ0n) is 15.9. The molecule has 1 saturated heterocycles. The zero-order valence-corrected chi connectivity index (χ0v) is 16.6. The third-order valence-corrected chi connectivity index (χ3v) is 5.26. The van der Waals surface area contributed by atoms with Gasteiger partial charge < -0.3 is 24.8 Å². The van der Waals surface area contributed by atoms with Crippen LogP contribution in [0.4, 0.5) is 0 Å². The highest BCUT2D eigenvalue weighted by Crippen LogP contribution is 2.36. The molecule has 1 fully saturated rings. The van der Waals surface area contributed by atoms with E-state index in [0.29, 0.717) is 23.4 Å². The normalized spacial score (nSPS) is 26.1. The van der Waals surface area contributed by atoms with Gasteiger partial charge in [0.2, 0.25) is 0 Å². The van der Waals surface area contributed by atoms with Gasteiger partial charge in [-0.2, -0.15) is 0 Å². The summed E-state index contributed by atoms with van der Waals surface area (Å²) >= 11 is 6.38.